The summed E-state index contributed by atoms with van der Waals surface area (Å²) in [7, 11) is 1.17. The minimum atomic E-state index is -4.64. The number of hydrogen-bond donors (Lipinski definition) is 0. The van der Waals surface area contributed by atoms with E-state index in [9.17, 15) is 19.0 Å². The van der Waals surface area contributed by atoms with E-state index in [0.29, 0.717) is 17.4 Å². The first-order valence-electron chi connectivity index (χ1n) is 36.3. The molecule has 0 amide bonds. The van der Waals surface area contributed by atoms with Crippen LogP contribution in [0.5, 0.6) is 0 Å². The molecule has 0 aromatic heterocycles. The predicted octanol–water partition coefficient (Wildman–Crippen LogP) is 23.1. The van der Waals surface area contributed by atoms with E-state index in [0.717, 1.165) is 77.0 Å². The van der Waals surface area contributed by atoms with Gasteiger partial charge < -0.3 is 27.9 Å². The second kappa shape index (κ2) is 66.6. The van der Waals surface area contributed by atoms with Crippen molar-refractivity contribution in [2.75, 3.05) is 47.5 Å². The Morgan fingerprint density at radius 3 is 0.988 bits per heavy atom. The summed E-state index contributed by atoms with van der Waals surface area (Å²) >= 11 is 0. The van der Waals surface area contributed by atoms with E-state index in [1.807, 2.05) is 21.1 Å². The van der Waals surface area contributed by atoms with Gasteiger partial charge in [0.1, 0.15) is 19.8 Å². The van der Waals surface area contributed by atoms with Crippen molar-refractivity contribution >= 4 is 19.8 Å². The lowest BCUT2D eigenvalue weighted by Gasteiger charge is -2.28. The summed E-state index contributed by atoms with van der Waals surface area (Å²) in [4.78, 5) is 38.1. The van der Waals surface area contributed by atoms with Crippen molar-refractivity contribution < 1.29 is 42.1 Å². The van der Waals surface area contributed by atoms with Crippen LogP contribution in [0.15, 0.2) is 85.1 Å². The topological polar surface area (TPSA) is 111 Å². The molecule has 500 valence electrons. The number of nitrogens with zero attached hydrogens (tertiary/aromatic N) is 1. The van der Waals surface area contributed by atoms with Gasteiger partial charge in [0.2, 0.25) is 0 Å². The molecule has 0 aromatic carbocycles. The molecule has 0 radical (unpaired) electrons. The van der Waals surface area contributed by atoms with Crippen LogP contribution < -0.4 is 4.89 Å². The lowest BCUT2D eigenvalue weighted by atomic mass is 10.0. The highest BCUT2D eigenvalue weighted by Crippen LogP contribution is 2.38. The van der Waals surface area contributed by atoms with Crippen molar-refractivity contribution in [3.8, 4) is 0 Å². The van der Waals surface area contributed by atoms with Gasteiger partial charge in [0.05, 0.1) is 27.7 Å². The fraction of sp³-hybridized carbons (Fsp3) is 0.789. The van der Waals surface area contributed by atoms with Gasteiger partial charge in [-0.1, -0.05) is 317 Å². The molecule has 0 fully saturated rings. The molecule has 10 heteroatoms. The number of unbranched alkanes of at least 4 members (excludes halogenated alkanes) is 39. The van der Waals surface area contributed by atoms with Crippen molar-refractivity contribution in [3.05, 3.63) is 85.1 Å². The summed E-state index contributed by atoms with van der Waals surface area (Å²) in [6.45, 7) is 4.16. The summed E-state index contributed by atoms with van der Waals surface area (Å²) < 4.78 is 34.4. The maximum absolute atomic E-state index is 12.9. The molecule has 0 saturated carbocycles. The summed E-state index contributed by atoms with van der Waals surface area (Å²) in [5.74, 6) is -0.820. The summed E-state index contributed by atoms with van der Waals surface area (Å²) in [6.07, 6.45) is 91.0. The third-order valence-electron chi connectivity index (χ3n) is 15.9. The van der Waals surface area contributed by atoms with E-state index < -0.39 is 26.5 Å². The number of likely N-dealkylation sites (N-methyl/N-ethyl adjacent to an activating group) is 1. The van der Waals surface area contributed by atoms with E-state index in [2.05, 4.69) is 98.9 Å². The Labute approximate surface area is 532 Å². The van der Waals surface area contributed by atoms with Gasteiger partial charge in [0.25, 0.3) is 7.82 Å². The van der Waals surface area contributed by atoms with Crippen molar-refractivity contribution in [1.82, 2.24) is 0 Å². The Bertz CT molecular complexity index is 1730. The van der Waals surface area contributed by atoms with Crippen LogP contribution in [0.3, 0.4) is 0 Å². The minimum Gasteiger partial charge on any atom is -0.756 e. The second-order valence-electron chi connectivity index (χ2n) is 25.6. The number of hydrogen-bond acceptors (Lipinski definition) is 8. The Morgan fingerprint density at radius 1 is 0.372 bits per heavy atom. The molecule has 0 rings (SSSR count). The first-order valence-corrected chi connectivity index (χ1v) is 37.8. The lowest BCUT2D eigenvalue weighted by molar-refractivity contribution is -0.870. The summed E-state index contributed by atoms with van der Waals surface area (Å²) in [5.41, 5.74) is 0. The van der Waals surface area contributed by atoms with Crippen LogP contribution in [0.4, 0.5) is 0 Å². The Balaban J connectivity index is 4.00. The maximum atomic E-state index is 12.9. The molecular weight excluding hydrogens is 1090 g/mol. The molecule has 9 nitrogen and oxygen atoms in total. The number of allylic oxidation sites excluding steroid dienone is 14. The average Bonchev–Trinajstić information content (AvgIpc) is 3.67. The van der Waals surface area contributed by atoms with Crippen LogP contribution >= 0.6 is 7.82 Å². The predicted molar refractivity (Wildman–Crippen MR) is 369 cm³/mol. The molecule has 0 heterocycles. The van der Waals surface area contributed by atoms with Crippen LogP contribution in [0.25, 0.3) is 0 Å². The van der Waals surface area contributed by atoms with Gasteiger partial charge in [0, 0.05) is 12.8 Å². The summed E-state index contributed by atoms with van der Waals surface area (Å²) in [5, 5.41) is 0. The third kappa shape index (κ3) is 70.3. The van der Waals surface area contributed by atoms with E-state index in [1.54, 1.807) is 0 Å². The molecule has 0 aliphatic rings. The standard InChI is InChI=1S/C76H138NO8P/c1-6-8-10-12-14-16-18-20-22-24-26-28-30-32-34-36-37-38-39-41-42-44-46-48-50-52-54-56-58-60-62-64-66-68-75(78)82-72-74(73-84-86(80,81)83-71-70-77(3,4)5)85-76(79)69-67-65-63-61-59-57-55-53-51-49-47-45-43-40-35-33-31-29-27-25-23-21-19-17-15-13-11-9-7-2/h9,11,15,17-18,20-21,23-24,26-27,29-30,32,74H,6-8,10,12-14,16,19,22,25,28,31,33-73H2,1-5H3/b11-9-,17-15-,20-18-,23-21-,26-24-,29-27-,32-30-. The van der Waals surface area contributed by atoms with Gasteiger partial charge in [-0.3, -0.25) is 14.2 Å². The quantitative estimate of drug-likeness (QED) is 0.0195. The van der Waals surface area contributed by atoms with E-state index in [-0.39, 0.29) is 32.0 Å². The highest BCUT2D eigenvalue weighted by atomic mass is 31.2. The molecule has 2 unspecified atom stereocenters. The zero-order valence-electron chi connectivity index (χ0n) is 57.0. The van der Waals surface area contributed by atoms with E-state index in [1.165, 1.54) is 225 Å². The largest absolute Gasteiger partial charge is 0.756 e. The average molecular weight is 1220 g/mol. The van der Waals surface area contributed by atoms with E-state index in [4.69, 9.17) is 18.5 Å². The Hall–Kier alpha value is -2.81. The minimum absolute atomic E-state index is 0.0314. The first kappa shape index (κ1) is 83.2. The molecule has 0 saturated heterocycles. The molecular formula is C76H138NO8P. The molecule has 0 aliphatic carbocycles. The molecule has 0 bridgehead atoms. The molecule has 0 N–H and O–H groups in total. The number of phosphoric ester groups is 1. The van der Waals surface area contributed by atoms with Gasteiger partial charge in [-0.15, -0.1) is 0 Å². The van der Waals surface area contributed by atoms with Crippen LogP contribution in [0.2, 0.25) is 0 Å². The number of carbonyl (C=O) groups is 2. The van der Waals surface area contributed by atoms with Crippen LogP contribution in [-0.2, 0) is 32.7 Å². The number of ether oxygens (including phenoxy) is 2. The number of carbonyl (C=O) groups excluding carboxylic acids is 2. The smallest absolute Gasteiger partial charge is 0.306 e. The highest BCUT2D eigenvalue weighted by molar-refractivity contribution is 7.45. The maximum Gasteiger partial charge on any atom is 0.306 e. The van der Waals surface area contributed by atoms with E-state index >= 15 is 0 Å². The normalized spacial score (nSPS) is 13.6. The monoisotopic (exact) mass is 1220 g/mol. The fourth-order valence-corrected chi connectivity index (χ4v) is 11.1. The van der Waals surface area contributed by atoms with Crippen molar-refractivity contribution in [1.29, 1.82) is 0 Å². The molecule has 0 aliphatic heterocycles. The fourth-order valence-electron chi connectivity index (χ4n) is 10.4. The summed E-state index contributed by atoms with van der Waals surface area (Å²) in [6, 6.07) is 0. The van der Waals surface area contributed by atoms with Gasteiger partial charge >= 0.3 is 11.9 Å². The third-order valence-corrected chi connectivity index (χ3v) is 16.9. The van der Waals surface area contributed by atoms with Gasteiger partial charge in [-0.25, -0.2) is 0 Å². The molecule has 86 heavy (non-hydrogen) atoms. The SMILES string of the molecule is CC/C=C\C/C=C\C/C=C\C/C=C\CCCCCCCCCCCCCCCCCCC(=O)OC(COC(=O)CCCCCCCCCCCCCCCCCCCC/C=C\C/C=C\C/C=C\CCCCCCC)COP(=O)([O-])OCC[N+](C)(C)C. The molecule has 0 aromatic rings. The Kier molecular flexibility index (Phi) is 64.4. The number of rotatable bonds is 67. The zero-order valence-corrected chi connectivity index (χ0v) is 57.9. The van der Waals surface area contributed by atoms with Crippen LogP contribution in [-0.4, -0.2) is 70.0 Å². The van der Waals surface area contributed by atoms with Gasteiger partial charge in [-0.05, 0) is 89.9 Å². The van der Waals surface area contributed by atoms with Crippen molar-refractivity contribution in [2.45, 2.75) is 341 Å². The zero-order chi connectivity index (χ0) is 62.6. The van der Waals surface area contributed by atoms with Gasteiger partial charge in [0.15, 0.2) is 6.10 Å². The van der Waals surface area contributed by atoms with Gasteiger partial charge in [-0.2, -0.15) is 0 Å². The first-order chi connectivity index (χ1) is 42.0. The lowest BCUT2D eigenvalue weighted by Crippen LogP contribution is -2.37. The molecule has 0 spiro atoms. The number of phosphoric acid groups is 1. The second-order valence-corrected chi connectivity index (χ2v) is 27.0. The molecule has 2 atom stereocenters. The Morgan fingerprint density at radius 2 is 0.663 bits per heavy atom. The highest BCUT2D eigenvalue weighted by Gasteiger charge is 2.22. The van der Waals surface area contributed by atoms with Crippen molar-refractivity contribution in [3.63, 3.8) is 0 Å². The number of quaternary nitrogens is 1. The van der Waals surface area contributed by atoms with Crippen LogP contribution in [0, 0.1) is 0 Å². The van der Waals surface area contributed by atoms with Crippen LogP contribution in [0.1, 0.15) is 335 Å². The van der Waals surface area contributed by atoms with Crippen molar-refractivity contribution in [2.24, 2.45) is 0 Å². The number of esters is 2.